The van der Waals surface area contributed by atoms with Gasteiger partial charge >= 0.3 is 6.11 Å². The molecular formula is C19H18F2N2O3. The lowest BCUT2D eigenvalue weighted by atomic mass is 9.97. The van der Waals surface area contributed by atoms with Crippen LogP contribution in [0, 0.1) is 0 Å². The van der Waals surface area contributed by atoms with Crippen molar-refractivity contribution in [2.45, 2.75) is 25.5 Å². The topological polar surface area (TPSA) is 72.6 Å². The van der Waals surface area contributed by atoms with Crippen molar-refractivity contribution < 1.29 is 23.1 Å². The Kier molecular flexibility index (Phi) is 4.63. The van der Waals surface area contributed by atoms with E-state index >= 15 is 0 Å². The fourth-order valence-corrected chi connectivity index (χ4v) is 2.91. The van der Waals surface area contributed by atoms with Gasteiger partial charge in [-0.15, -0.1) is 0 Å². The van der Waals surface area contributed by atoms with E-state index in [4.69, 9.17) is 10.5 Å². The van der Waals surface area contributed by atoms with Gasteiger partial charge in [0.1, 0.15) is 11.8 Å². The molecule has 0 spiro atoms. The van der Waals surface area contributed by atoms with Gasteiger partial charge in [-0.05, 0) is 49.2 Å². The van der Waals surface area contributed by atoms with E-state index in [1.807, 2.05) is 0 Å². The predicted molar refractivity (Wildman–Crippen MR) is 90.8 cm³/mol. The van der Waals surface area contributed by atoms with Crippen LogP contribution < -0.4 is 10.5 Å². The number of benzene rings is 2. The van der Waals surface area contributed by atoms with Crippen LogP contribution >= 0.6 is 0 Å². The molecule has 0 radical (unpaired) electrons. The molecule has 136 valence electrons. The number of hydrogen-bond donors (Lipinski definition) is 1. The summed E-state index contributed by atoms with van der Waals surface area (Å²) < 4.78 is 33.4. The number of carbonyl (C=O) groups excluding carboxylic acids is 2. The molecule has 2 N–H and O–H groups in total. The summed E-state index contributed by atoms with van der Waals surface area (Å²) in [4.78, 5) is 25.2. The molecule has 3 rings (SSSR count). The minimum Gasteiger partial charge on any atom is -0.429 e. The molecule has 5 nitrogen and oxygen atoms in total. The average Bonchev–Trinajstić information content (AvgIpc) is 2.62. The monoisotopic (exact) mass is 360 g/mol. The minimum atomic E-state index is -3.49. The van der Waals surface area contributed by atoms with E-state index < -0.39 is 18.1 Å². The third-order valence-corrected chi connectivity index (χ3v) is 4.43. The number of carbonyl (C=O) groups is 2. The highest BCUT2D eigenvalue weighted by Crippen LogP contribution is 2.33. The van der Waals surface area contributed by atoms with Crippen LogP contribution in [0.3, 0.4) is 0 Å². The number of rotatable bonds is 5. The van der Waals surface area contributed by atoms with Gasteiger partial charge in [0.05, 0.1) is 5.56 Å². The molecule has 0 fully saturated rings. The number of halogens is 2. The van der Waals surface area contributed by atoms with Crippen LogP contribution in [0.2, 0.25) is 0 Å². The molecular weight excluding hydrogens is 342 g/mol. The zero-order valence-corrected chi connectivity index (χ0v) is 14.1. The highest BCUT2D eigenvalue weighted by atomic mass is 19.3. The molecule has 7 heteroatoms. The summed E-state index contributed by atoms with van der Waals surface area (Å²) in [5.41, 5.74) is 5.97. The first-order chi connectivity index (χ1) is 12.3. The molecule has 2 aromatic rings. The van der Waals surface area contributed by atoms with Crippen LogP contribution in [-0.2, 0) is 17.3 Å². The van der Waals surface area contributed by atoms with Gasteiger partial charge in [0.2, 0.25) is 5.91 Å². The molecule has 2 amide bonds. The lowest BCUT2D eigenvalue weighted by Crippen LogP contribution is -2.49. The average molecular weight is 360 g/mol. The maximum Gasteiger partial charge on any atom is 0.426 e. The highest BCUT2D eigenvalue weighted by Gasteiger charge is 2.35. The molecule has 1 unspecified atom stereocenters. The number of primary amides is 1. The number of fused-ring (bicyclic) bond motifs is 1. The number of hydrogen-bond acceptors (Lipinski definition) is 3. The minimum absolute atomic E-state index is 0.0261. The van der Waals surface area contributed by atoms with Crippen molar-refractivity contribution in [2.24, 2.45) is 5.73 Å². The van der Waals surface area contributed by atoms with Gasteiger partial charge in [-0.3, -0.25) is 9.59 Å². The maximum atomic E-state index is 14.3. The van der Waals surface area contributed by atoms with E-state index in [9.17, 15) is 18.4 Å². The highest BCUT2D eigenvalue weighted by molar-refractivity contribution is 5.99. The first kappa shape index (κ1) is 17.8. The van der Waals surface area contributed by atoms with Gasteiger partial charge in [-0.2, -0.15) is 8.78 Å². The van der Waals surface area contributed by atoms with Crippen LogP contribution in [0.5, 0.6) is 5.75 Å². The second kappa shape index (κ2) is 6.74. The summed E-state index contributed by atoms with van der Waals surface area (Å²) in [6, 6.07) is 10.7. The van der Waals surface area contributed by atoms with Crippen molar-refractivity contribution in [2.75, 3.05) is 6.54 Å². The fourth-order valence-electron chi connectivity index (χ4n) is 2.91. The maximum absolute atomic E-state index is 14.3. The number of amides is 2. The van der Waals surface area contributed by atoms with E-state index in [0.29, 0.717) is 17.5 Å². The Morgan fingerprint density at radius 3 is 2.58 bits per heavy atom. The third kappa shape index (κ3) is 3.37. The quantitative estimate of drug-likeness (QED) is 0.891. The SMILES string of the molecule is CC(C(N)=O)N1CCc2cc(OC(F)(F)c3ccccc3)ccc2C1=O. The van der Waals surface area contributed by atoms with Gasteiger partial charge in [-0.1, -0.05) is 18.2 Å². The Bertz CT molecular complexity index is 840. The van der Waals surface area contributed by atoms with Crippen LogP contribution in [0.25, 0.3) is 0 Å². The summed E-state index contributed by atoms with van der Waals surface area (Å²) in [5.74, 6) is -0.968. The lowest BCUT2D eigenvalue weighted by molar-refractivity contribution is -0.185. The number of nitrogens with zero attached hydrogens (tertiary/aromatic N) is 1. The molecule has 0 aromatic heterocycles. The first-order valence-electron chi connectivity index (χ1n) is 8.15. The van der Waals surface area contributed by atoms with Crippen LogP contribution in [0.1, 0.15) is 28.4 Å². The van der Waals surface area contributed by atoms with Crippen LogP contribution in [0.4, 0.5) is 8.78 Å². The number of alkyl halides is 2. The molecule has 1 aliphatic rings. The van der Waals surface area contributed by atoms with Crippen molar-refractivity contribution in [1.82, 2.24) is 4.90 Å². The molecule has 0 bridgehead atoms. The standard InChI is InChI=1S/C19H18F2N2O3/c1-12(17(22)24)23-10-9-13-11-15(7-8-16(13)18(23)25)26-19(20,21)14-5-3-2-4-6-14/h2-8,11-12H,9-10H2,1H3,(H2,22,24). The van der Waals surface area contributed by atoms with Crippen molar-refractivity contribution in [3.8, 4) is 5.75 Å². The van der Waals surface area contributed by atoms with Crippen molar-refractivity contribution in [3.63, 3.8) is 0 Å². The van der Waals surface area contributed by atoms with E-state index in [1.165, 1.54) is 47.4 Å². The van der Waals surface area contributed by atoms with Crippen molar-refractivity contribution in [1.29, 1.82) is 0 Å². The summed E-state index contributed by atoms with van der Waals surface area (Å²) in [6.07, 6.45) is -3.06. The van der Waals surface area contributed by atoms with E-state index in [0.717, 1.165) is 0 Å². The summed E-state index contributed by atoms with van der Waals surface area (Å²) >= 11 is 0. The van der Waals surface area contributed by atoms with Gasteiger partial charge < -0.3 is 15.4 Å². The molecule has 1 heterocycles. The predicted octanol–water partition coefficient (Wildman–Crippen LogP) is 2.69. The second-order valence-electron chi connectivity index (χ2n) is 6.13. The van der Waals surface area contributed by atoms with Gasteiger partial charge in [0.25, 0.3) is 5.91 Å². The molecule has 0 aliphatic carbocycles. The van der Waals surface area contributed by atoms with Gasteiger partial charge in [0, 0.05) is 12.1 Å². The van der Waals surface area contributed by atoms with Crippen LogP contribution in [-0.4, -0.2) is 29.3 Å². The Morgan fingerprint density at radius 2 is 1.92 bits per heavy atom. The smallest absolute Gasteiger partial charge is 0.426 e. The summed E-state index contributed by atoms with van der Waals surface area (Å²) in [6.45, 7) is 1.84. The molecule has 0 saturated carbocycles. The van der Waals surface area contributed by atoms with Gasteiger partial charge in [-0.25, -0.2) is 0 Å². The normalized spacial score (nSPS) is 15.3. The summed E-state index contributed by atoms with van der Waals surface area (Å²) in [7, 11) is 0. The number of nitrogens with two attached hydrogens (primary N) is 1. The Hall–Kier alpha value is -2.96. The molecule has 2 aromatic carbocycles. The molecule has 1 aliphatic heterocycles. The Labute approximate surface area is 149 Å². The largest absolute Gasteiger partial charge is 0.429 e. The molecule has 1 atom stereocenters. The third-order valence-electron chi connectivity index (χ3n) is 4.43. The Balaban J connectivity index is 1.83. The lowest BCUT2D eigenvalue weighted by Gasteiger charge is -2.32. The van der Waals surface area contributed by atoms with E-state index in [-0.39, 0.29) is 23.8 Å². The zero-order valence-electron chi connectivity index (χ0n) is 14.1. The fraction of sp³-hybridized carbons (Fsp3) is 0.263. The second-order valence-corrected chi connectivity index (χ2v) is 6.13. The zero-order chi connectivity index (χ0) is 18.9. The van der Waals surface area contributed by atoms with E-state index in [1.54, 1.807) is 13.0 Å². The number of ether oxygens (including phenoxy) is 1. The summed E-state index contributed by atoms with van der Waals surface area (Å²) in [5, 5.41) is 0. The van der Waals surface area contributed by atoms with Crippen LogP contribution in [0.15, 0.2) is 48.5 Å². The van der Waals surface area contributed by atoms with E-state index in [2.05, 4.69) is 0 Å². The molecule has 26 heavy (non-hydrogen) atoms. The Morgan fingerprint density at radius 1 is 1.23 bits per heavy atom. The van der Waals surface area contributed by atoms with Crippen molar-refractivity contribution in [3.05, 3.63) is 65.2 Å². The van der Waals surface area contributed by atoms with Gasteiger partial charge in [0.15, 0.2) is 0 Å². The molecule has 0 saturated heterocycles. The van der Waals surface area contributed by atoms with Crippen molar-refractivity contribution >= 4 is 11.8 Å². The first-order valence-corrected chi connectivity index (χ1v) is 8.15.